The van der Waals surface area contributed by atoms with Crippen LogP contribution in [0.4, 0.5) is 4.79 Å². The number of rotatable bonds is 25. The molecule has 0 radical (unpaired) electrons. The summed E-state index contributed by atoms with van der Waals surface area (Å²) in [6, 6.07) is 16.5. The van der Waals surface area contributed by atoms with E-state index >= 15 is 0 Å². The fraction of sp³-hybridized carbons (Fsp3) is 0.568. The number of allylic oxidation sites excluding steroid dienone is 1. The van der Waals surface area contributed by atoms with Gasteiger partial charge in [0.1, 0.15) is 18.5 Å². The van der Waals surface area contributed by atoms with E-state index in [0.717, 1.165) is 44.1 Å². The number of alkyl carbamates (subject to hydrolysis) is 1. The number of phosphoric ester groups is 1. The number of phosphoric acid groups is 1. The Hall–Kier alpha value is -2.89. The highest BCUT2D eigenvalue weighted by atomic mass is 31.2. The summed E-state index contributed by atoms with van der Waals surface area (Å²) in [5, 5.41) is 2.68. The van der Waals surface area contributed by atoms with Gasteiger partial charge >= 0.3 is 13.9 Å². The van der Waals surface area contributed by atoms with Crippen molar-refractivity contribution in [2.24, 2.45) is 5.73 Å². The first kappa shape index (κ1) is 42.3. The molecule has 0 aliphatic rings. The summed E-state index contributed by atoms with van der Waals surface area (Å²) in [5.41, 5.74) is 7.30. The minimum absolute atomic E-state index is 0.0488. The average Bonchev–Trinajstić information content (AvgIpc) is 3.07. The van der Waals surface area contributed by atoms with Gasteiger partial charge in [0.25, 0.3) is 0 Å². The lowest BCUT2D eigenvalue weighted by Gasteiger charge is -2.28. The van der Waals surface area contributed by atoms with E-state index in [1.165, 1.54) is 38.4 Å². The number of hydrogen-bond donors (Lipinski definition) is 3. The van der Waals surface area contributed by atoms with Crippen molar-refractivity contribution >= 4 is 19.7 Å². The van der Waals surface area contributed by atoms with Crippen LogP contribution in [-0.4, -0.2) is 68.2 Å². The number of unbranched alkanes of at least 4 members (excludes halogenated alkanes) is 8. The second-order valence-electron chi connectivity index (χ2n) is 12.9. The molecule has 49 heavy (non-hydrogen) atoms. The van der Waals surface area contributed by atoms with Crippen molar-refractivity contribution in [3.8, 4) is 0 Å². The Balaban J connectivity index is 1.71. The summed E-state index contributed by atoms with van der Waals surface area (Å²) < 4.78 is 38.4. The van der Waals surface area contributed by atoms with Gasteiger partial charge in [-0.2, -0.15) is 0 Å². The number of ketones is 1. The SMILES string of the molecule is COCO[C@H](/C=C/CCCCCCCCCCc1ccc(C(=O)c2ccccc2)cc1)[C@H](COP(=O)(O)OCCN)NC(=O)OC(C)(C)C. The molecule has 0 heterocycles. The van der Waals surface area contributed by atoms with Gasteiger partial charge in [0.2, 0.25) is 0 Å². The van der Waals surface area contributed by atoms with E-state index in [9.17, 15) is 19.0 Å². The molecule has 1 unspecified atom stereocenters. The average molecular weight is 705 g/mol. The molecule has 0 spiro atoms. The molecule has 11 nitrogen and oxygen atoms in total. The lowest BCUT2D eigenvalue weighted by Crippen LogP contribution is -2.48. The standard InChI is InChI=1S/C37H57N2O9P/c1-37(2,3)48-36(41)39-33(28-47-49(42,43)46-27-26-38)34(45-29-44-4)21-17-12-10-8-6-5-7-9-11-14-18-30-22-24-32(25-23-30)35(40)31-19-15-13-16-20-31/h13,15-17,19-25,33-34H,5-12,14,18,26-29,38H2,1-4H3,(H,39,41)(H,42,43)/b21-17+/t33-,34+/m0/s1. The third-order valence-electron chi connectivity index (χ3n) is 7.43. The second kappa shape index (κ2) is 23.5. The van der Waals surface area contributed by atoms with Crippen LogP contribution in [0.25, 0.3) is 0 Å². The number of ether oxygens (including phenoxy) is 3. The van der Waals surface area contributed by atoms with Crippen LogP contribution in [0.5, 0.6) is 0 Å². The zero-order valence-corrected chi connectivity index (χ0v) is 30.5. The van der Waals surface area contributed by atoms with E-state index in [4.69, 9.17) is 29.0 Å². The van der Waals surface area contributed by atoms with Gasteiger partial charge in [-0.1, -0.05) is 105 Å². The monoisotopic (exact) mass is 704 g/mol. The fourth-order valence-corrected chi connectivity index (χ4v) is 5.73. The number of amides is 1. The molecule has 0 saturated heterocycles. The van der Waals surface area contributed by atoms with Gasteiger partial charge in [-0.15, -0.1) is 0 Å². The highest BCUT2D eigenvalue weighted by Gasteiger charge is 2.30. The predicted molar refractivity (Wildman–Crippen MR) is 191 cm³/mol. The molecule has 0 aromatic heterocycles. The van der Waals surface area contributed by atoms with E-state index in [2.05, 4.69) is 17.4 Å². The minimum Gasteiger partial charge on any atom is -0.444 e. The predicted octanol–water partition coefficient (Wildman–Crippen LogP) is 7.50. The smallest absolute Gasteiger partial charge is 0.444 e. The molecule has 0 fully saturated rings. The molecule has 0 aliphatic heterocycles. The maximum atomic E-state index is 12.6. The molecule has 0 saturated carbocycles. The first-order valence-corrected chi connectivity index (χ1v) is 18.7. The fourth-order valence-electron chi connectivity index (χ4n) is 4.97. The normalized spacial score (nSPS) is 14.3. The molecule has 1 amide bonds. The van der Waals surface area contributed by atoms with E-state index in [1.54, 1.807) is 26.8 Å². The number of nitrogens with two attached hydrogens (primary N) is 1. The summed E-state index contributed by atoms with van der Waals surface area (Å²) in [7, 11) is -2.91. The maximum absolute atomic E-state index is 12.6. The number of carbonyl (C=O) groups is 2. The first-order chi connectivity index (χ1) is 23.4. The Kier molecular flexibility index (Phi) is 20.3. The van der Waals surface area contributed by atoms with Gasteiger partial charge in [0.15, 0.2) is 5.78 Å². The Bertz CT molecular complexity index is 1280. The summed E-state index contributed by atoms with van der Waals surface area (Å²) in [6.45, 7) is 4.66. The number of methoxy groups -OCH3 is 1. The largest absolute Gasteiger partial charge is 0.472 e. The van der Waals surface area contributed by atoms with Gasteiger partial charge in [-0.05, 0) is 52.0 Å². The van der Waals surface area contributed by atoms with Crippen LogP contribution in [0.2, 0.25) is 0 Å². The quantitative estimate of drug-likeness (QED) is 0.0311. The van der Waals surface area contributed by atoms with Gasteiger partial charge in [-0.25, -0.2) is 9.36 Å². The van der Waals surface area contributed by atoms with Crippen molar-refractivity contribution in [3.63, 3.8) is 0 Å². The molecule has 2 rings (SSSR count). The van der Waals surface area contributed by atoms with Crippen molar-refractivity contribution in [3.05, 3.63) is 83.4 Å². The van der Waals surface area contributed by atoms with Crippen LogP contribution in [0.1, 0.15) is 100 Å². The molecule has 0 aliphatic carbocycles. The molecule has 4 N–H and O–H groups in total. The Labute approximate surface area is 292 Å². The van der Waals surface area contributed by atoms with Crippen molar-refractivity contribution < 1.29 is 42.3 Å². The number of nitrogens with one attached hydrogen (secondary N) is 1. The Morgan fingerprint density at radius 1 is 0.898 bits per heavy atom. The van der Waals surface area contributed by atoms with Crippen molar-refractivity contribution in [2.75, 3.05) is 33.7 Å². The molecular weight excluding hydrogens is 647 g/mol. The van der Waals surface area contributed by atoms with Gasteiger partial charge in [0.05, 0.1) is 19.3 Å². The lowest BCUT2D eigenvalue weighted by molar-refractivity contribution is -0.0712. The maximum Gasteiger partial charge on any atom is 0.472 e. The third kappa shape index (κ3) is 19.2. The molecule has 0 bridgehead atoms. The van der Waals surface area contributed by atoms with Gasteiger partial charge in [-0.3, -0.25) is 13.8 Å². The van der Waals surface area contributed by atoms with E-state index in [-0.39, 0.29) is 32.3 Å². The van der Waals surface area contributed by atoms with Crippen LogP contribution in [0, 0.1) is 0 Å². The van der Waals surface area contributed by atoms with Crippen LogP contribution >= 0.6 is 7.82 Å². The van der Waals surface area contributed by atoms with Crippen LogP contribution in [0.15, 0.2) is 66.7 Å². The molecule has 3 atom stereocenters. The number of hydrogen-bond acceptors (Lipinski definition) is 9. The molecule has 2 aromatic rings. The molecule has 274 valence electrons. The zero-order valence-electron chi connectivity index (χ0n) is 29.6. The van der Waals surface area contributed by atoms with Crippen molar-refractivity contribution in [1.82, 2.24) is 5.32 Å². The van der Waals surface area contributed by atoms with E-state index in [1.807, 2.05) is 48.5 Å². The second-order valence-corrected chi connectivity index (χ2v) is 14.3. The molecule has 12 heteroatoms. The van der Waals surface area contributed by atoms with E-state index < -0.39 is 31.7 Å². The van der Waals surface area contributed by atoms with Crippen LogP contribution in [0.3, 0.4) is 0 Å². The lowest BCUT2D eigenvalue weighted by atomic mass is 9.99. The Morgan fingerprint density at radius 2 is 1.51 bits per heavy atom. The summed E-state index contributed by atoms with van der Waals surface area (Å²) in [5.74, 6) is 0.0535. The topological polar surface area (TPSA) is 156 Å². The van der Waals surface area contributed by atoms with Crippen molar-refractivity contribution in [2.45, 2.75) is 103 Å². The Morgan fingerprint density at radius 3 is 2.12 bits per heavy atom. The number of carbonyl (C=O) groups excluding carboxylic acids is 2. The summed E-state index contributed by atoms with van der Waals surface area (Å²) >= 11 is 0. The summed E-state index contributed by atoms with van der Waals surface area (Å²) in [4.78, 5) is 35.1. The highest BCUT2D eigenvalue weighted by molar-refractivity contribution is 7.47. The highest BCUT2D eigenvalue weighted by Crippen LogP contribution is 2.43. The van der Waals surface area contributed by atoms with Crippen LogP contribution < -0.4 is 11.1 Å². The van der Waals surface area contributed by atoms with Crippen LogP contribution in [-0.2, 0) is 34.2 Å². The number of aryl methyl sites for hydroxylation is 1. The molecular formula is C37H57N2O9P. The number of benzene rings is 2. The molecule has 2 aromatic carbocycles. The zero-order chi connectivity index (χ0) is 36.0. The third-order valence-corrected chi connectivity index (χ3v) is 8.41. The van der Waals surface area contributed by atoms with Gasteiger partial charge in [0, 0.05) is 24.8 Å². The van der Waals surface area contributed by atoms with Gasteiger partial charge < -0.3 is 30.2 Å². The van der Waals surface area contributed by atoms with Crippen molar-refractivity contribution in [1.29, 1.82) is 0 Å². The first-order valence-electron chi connectivity index (χ1n) is 17.2. The summed E-state index contributed by atoms with van der Waals surface area (Å²) in [6.07, 6.45) is 13.3. The minimum atomic E-state index is -4.39. The van der Waals surface area contributed by atoms with E-state index in [0.29, 0.717) is 5.56 Å².